The van der Waals surface area contributed by atoms with Crippen molar-refractivity contribution in [3.63, 3.8) is 0 Å². The molecule has 4 heteroatoms. The van der Waals surface area contributed by atoms with E-state index >= 15 is 0 Å². The minimum Gasteiger partial charge on any atom is -0.396 e. The lowest BCUT2D eigenvalue weighted by molar-refractivity contribution is 0.141. The number of nitrogens with two attached hydrogens (primary N) is 1. The molecule has 3 N–H and O–H groups in total. The summed E-state index contributed by atoms with van der Waals surface area (Å²) >= 11 is 0. The van der Waals surface area contributed by atoms with Crippen LogP contribution >= 0.6 is 0 Å². The molecule has 1 atom stereocenters. The molecule has 0 saturated heterocycles. The minimum atomic E-state index is 0.215. The third-order valence-corrected chi connectivity index (χ3v) is 1.79. The average Bonchev–Trinajstić information content (AvgIpc) is 2.18. The molecule has 0 aliphatic heterocycles. The summed E-state index contributed by atoms with van der Waals surface area (Å²) in [5, 5.41) is 3.18. The van der Waals surface area contributed by atoms with Crippen LogP contribution in [0.2, 0.25) is 0 Å². The Bertz CT molecular complexity index is 278. The highest BCUT2D eigenvalue weighted by molar-refractivity contribution is 5.60. The molecule has 0 aliphatic carbocycles. The summed E-state index contributed by atoms with van der Waals surface area (Å²) in [7, 11) is 0. The van der Waals surface area contributed by atoms with Gasteiger partial charge in [-0.15, -0.1) is 0 Å². The highest BCUT2D eigenvalue weighted by atomic mass is 16.5. The van der Waals surface area contributed by atoms with Crippen molar-refractivity contribution in [3.05, 3.63) is 18.3 Å². The molecule has 1 unspecified atom stereocenters. The zero-order valence-corrected chi connectivity index (χ0v) is 8.66. The van der Waals surface area contributed by atoms with Gasteiger partial charge in [-0.3, -0.25) is 0 Å². The van der Waals surface area contributed by atoms with Crippen molar-refractivity contribution in [3.8, 4) is 0 Å². The van der Waals surface area contributed by atoms with E-state index in [-0.39, 0.29) is 6.04 Å². The topological polar surface area (TPSA) is 60.2 Å². The summed E-state index contributed by atoms with van der Waals surface area (Å²) in [6, 6.07) is 3.85. The van der Waals surface area contributed by atoms with Gasteiger partial charge in [-0.2, -0.15) is 0 Å². The first kappa shape index (κ1) is 10.8. The Morgan fingerprint density at radius 3 is 3.07 bits per heavy atom. The van der Waals surface area contributed by atoms with Crippen molar-refractivity contribution in [2.45, 2.75) is 19.9 Å². The minimum absolute atomic E-state index is 0.215. The number of rotatable bonds is 5. The predicted molar refractivity (Wildman–Crippen MR) is 58.2 cm³/mol. The maximum Gasteiger partial charge on any atom is 0.149 e. The first-order valence-corrected chi connectivity index (χ1v) is 4.78. The zero-order chi connectivity index (χ0) is 10.4. The quantitative estimate of drug-likeness (QED) is 0.747. The maximum atomic E-state index is 5.73. The Hall–Kier alpha value is -1.29. The fourth-order valence-electron chi connectivity index (χ4n) is 1.11. The van der Waals surface area contributed by atoms with Crippen LogP contribution in [0.1, 0.15) is 13.8 Å². The van der Waals surface area contributed by atoms with Gasteiger partial charge in [-0.1, -0.05) is 0 Å². The van der Waals surface area contributed by atoms with E-state index in [0.29, 0.717) is 12.3 Å². The summed E-state index contributed by atoms with van der Waals surface area (Å²) in [4.78, 5) is 4.13. The Labute approximate surface area is 84.5 Å². The summed E-state index contributed by atoms with van der Waals surface area (Å²) in [6.45, 7) is 5.39. The van der Waals surface area contributed by atoms with Crippen LogP contribution in [0.4, 0.5) is 11.5 Å². The standard InChI is InChI=1S/C10H17N3O/c1-3-14-7-8(2)13-10-9(11)5-4-6-12-10/h4-6,8H,3,7,11H2,1-2H3,(H,12,13). The summed E-state index contributed by atoms with van der Waals surface area (Å²) in [5.41, 5.74) is 6.39. The van der Waals surface area contributed by atoms with Gasteiger partial charge in [0.2, 0.25) is 0 Å². The fourth-order valence-corrected chi connectivity index (χ4v) is 1.11. The smallest absolute Gasteiger partial charge is 0.149 e. The van der Waals surface area contributed by atoms with Crippen molar-refractivity contribution in [2.75, 3.05) is 24.3 Å². The Morgan fingerprint density at radius 2 is 2.43 bits per heavy atom. The molecular weight excluding hydrogens is 178 g/mol. The van der Waals surface area contributed by atoms with Gasteiger partial charge in [0, 0.05) is 18.8 Å². The first-order chi connectivity index (χ1) is 6.74. The van der Waals surface area contributed by atoms with Gasteiger partial charge in [0.25, 0.3) is 0 Å². The molecule has 1 heterocycles. The highest BCUT2D eigenvalue weighted by Gasteiger charge is 2.04. The van der Waals surface area contributed by atoms with Crippen molar-refractivity contribution < 1.29 is 4.74 Å². The van der Waals surface area contributed by atoms with Gasteiger partial charge >= 0.3 is 0 Å². The van der Waals surface area contributed by atoms with Crippen LogP contribution < -0.4 is 11.1 Å². The second kappa shape index (κ2) is 5.44. The van der Waals surface area contributed by atoms with E-state index in [1.165, 1.54) is 0 Å². The number of nitrogens with zero attached hydrogens (tertiary/aromatic N) is 1. The number of aromatic nitrogens is 1. The van der Waals surface area contributed by atoms with Crippen LogP contribution in [-0.4, -0.2) is 24.2 Å². The Balaban J connectivity index is 2.47. The molecule has 1 rings (SSSR count). The molecule has 0 fully saturated rings. The van der Waals surface area contributed by atoms with Crippen molar-refractivity contribution >= 4 is 11.5 Å². The van der Waals surface area contributed by atoms with E-state index in [0.717, 1.165) is 12.4 Å². The van der Waals surface area contributed by atoms with Crippen LogP contribution in [0, 0.1) is 0 Å². The molecule has 14 heavy (non-hydrogen) atoms. The number of pyridine rings is 1. The summed E-state index contributed by atoms with van der Waals surface area (Å²) < 4.78 is 5.28. The lowest BCUT2D eigenvalue weighted by atomic mass is 10.3. The van der Waals surface area contributed by atoms with E-state index in [1.807, 2.05) is 26.0 Å². The van der Waals surface area contributed by atoms with E-state index < -0.39 is 0 Å². The molecule has 0 aliphatic rings. The molecule has 0 amide bonds. The van der Waals surface area contributed by atoms with Gasteiger partial charge in [-0.25, -0.2) is 4.98 Å². The monoisotopic (exact) mass is 195 g/mol. The van der Waals surface area contributed by atoms with E-state index in [4.69, 9.17) is 10.5 Å². The lowest BCUT2D eigenvalue weighted by Crippen LogP contribution is -2.22. The number of ether oxygens (including phenoxy) is 1. The number of nitrogen functional groups attached to an aromatic ring is 1. The Kier molecular flexibility index (Phi) is 4.19. The molecule has 1 aromatic heterocycles. The fraction of sp³-hybridized carbons (Fsp3) is 0.500. The summed E-state index contributed by atoms with van der Waals surface area (Å²) in [5.74, 6) is 0.722. The van der Waals surface area contributed by atoms with E-state index in [2.05, 4.69) is 10.3 Å². The molecule has 0 aromatic carbocycles. The predicted octanol–water partition coefficient (Wildman–Crippen LogP) is 1.50. The SMILES string of the molecule is CCOCC(C)Nc1ncccc1N. The van der Waals surface area contributed by atoms with Crippen LogP contribution in [0.25, 0.3) is 0 Å². The number of nitrogens with one attached hydrogen (secondary N) is 1. The number of anilines is 2. The molecule has 0 spiro atoms. The molecule has 78 valence electrons. The molecule has 0 radical (unpaired) electrons. The van der Waals surface area contributed by atoms with Gasteiger partial charge in [0.1, 0.15) is 5.82 Å². The largest absolute Gasteiger partial charge is 0.396 e. The van der Waals surface area contributed by atoms with Crippen LogP contribution in [-0.2, 0) is 4.74 Å². The first-order valence-electron chi connectivity index (χ1n) is 4.78. The lowest BCUT2D eigenvalue weighted by Gasteiger charge is -2.15. The van der Waals surface area contributed by atoms with Gasteiger partial charge < -0.3 is 15.8 Å². The van der Waals surface area contributed by atoms with Gasteiger partial charge in [0.05, 0.1) is 12.3 Å². The third-order valence-electron chi connectivity index (χ3n) is 1.79. The van der Waals surface area contributed by atoms with Crippen LogP contribution in [0.3, 0.4) is 0 Å². The summed E-state index contributed by atoms with van der Waals surface area (Å²) in [6.07, 6.45) is 1.71. The van der Waals surface area contributed by atoms with E-state index in [9.17, 15) is 0 Å². The molecule has 0 bridgehead atoms. The molecule has 4 nitrogen and oxygen atoms in total. The van der Waals surface area contributed by atoms with Crippen LogP contribution in [0.15, 0.2) is 18.3 Å². The van der Waals surface area contributed by atoms with Crippen molar-refractivity contribution in [1.29, 1.82) is 0 Å². The molecular formula is C10H17N3O. The normalized spacial score (nSPS) is 12.4. The number of hydrogen-bond donors (Lipinski definition) is 2. The molecule has 1 aromatic rings. The average molecular weight is 195 g/mol. The van der Waals surface area contributed by atoms with Gasteiger partial charge in [-0.05, 0) is 26.0 Å². The zero-order valence-electron chi connectivity index (χ0n) is 8.66. The second-order valence-electron chi connectivity index (χ2n) is 3.15. The van der Waals surface area contributed by atoms with Crippen molar-refractivity contribution in [2.24, 2.45) is 0 Å². The van der Waals surface area contributed by atoms with Crippen molar-refractivity contribution in [1.82, 2.24) is 4.98 Å². The maximum absolute atomic E-state index is 5.73. The number of hydrogen-bond acceptors (Lipinski definition) is 4. The van der Waals surface area contributed by atoms with Gasteiger partial charge in [0.15, 0.2) is 0 Å². The Morgan fingerprint density at radius 1 is 1.64 bits per heavy atom. The third kappa shape index (κ3) is 3.22. The van der Waals surface area contributed by atoms with E-state index in [1.54, 1.807) is 6.20 Å². The van der Waals surface area contributed by atoms with Crippen LogP contribution in [0.5, 0.6) is 0 Å². The highest BCUT2D eigenvalue weighted by Crippen LogP contribution is 2.13. The second-order valence-corrected chi connectivity index (χ2v) is 3.15. The molecule has 0 saturated carbocycles.